The van der Waals surface area contributed by atoms with Crippen molar-refractivity contribution < 1.29 is 9.18 Å². The van der Waals surface area contributed by atoms with Crippen LogP contribution in [-0.2, 0) is 0 Å². The molecule has 1 saturated heterocycles. The van der Waals surface area contributed by atoms with Crippen molar-refractivity contribution >= 4 is 17.5 Å². The number of fused-ring (bicyclic) bond motifs is 1. The van der Waals surface area contributed by atoms with Gasteiger partial charge in [-0.05, 0) is 48.4 Å². The molecule has 1 aliphatic carbocycles. The fraction of sp³-hybridized carbons (Fsp3) is 0.368. The molecule has 2 fully saturated rings. The smallest absolute Gasteiger partial charge is 0.321 e. The number of carbonyl (C=O) groups is 1. The Morgan fingerprint density at radius 2 is 1.84 bits per heavy atom. The minimum Gasteiger partial charge on any atom is -0.382 e. The second-order valence-electron chi connectivity index (χ2n) is 6.95. The summed E-state index contributed by atoms with van der Waals surface area (Å²) < 4.78 is 13.1. The first-order valence-corrected chi connectivity index (χ1v) is 8.67. The molecule has 130 valence electrons. The van der Waals surface area contributed by atoms with E-state index in [-0.39, 0.29) is 17.7 Å². The number of amides is 2. The van der Waals surface area contributed by atoms with Crippen molar-refractivity contribution in [3.05, 3.63) is 42.3 Å². The molecular weight excluding hydrogens is 319 g/mol. The average Bonchev–Trinajstić information content (AvgIpc) is 3.19. The van der Waals surface area contributed by atoms with E-state index in [1.165, 1.54) is 31.4 Å². The van der Waals surface area contributed by atoms with Crippen LogP contribution < -0.4 is 11.1 Å². The van der Waals surface area contributed by atoms with Gasteiger partial charge >= 0.3 is 6.03 Å². The first-order valence-electron chi connectivity index (χ1n) is 8.67. The lowest BCUT2D eigenvalue weighted by Crippen LogP contribution is -2.33. The predicted molar refractivity (Wildman–Crippen MR) is 95.5 cm³/mol. The number of nitrogens with one attached hydrogen (secondary N) is 1. The molecule has 4 rings (SSSR count). The number of nitrogens with two attached hydrogens (primary N) is 1. The van der Waals surface area contributed by atoms with E-state index in [4.69, 9.17) is 5.73 Å². The van der Waals surface area contributed by atoms with Crippen LogP contribution in [-0.4, -0.2) is 29.0 Å². The molecule has 1 saturated carbocycles. The minimum absolute atomic E-state index is 0.126. The Bertz CT molecular complexity index is 781. The Morgan fingerprint density at radius 1 is 1.16 bits per heavy atom. The van der Waals surface area contributed by atoms with E-state index in [2.05, 4.69) is 10.3 Å². The number of aromatic nitrogens is 1. The first kappa shape index (κ1) is 15.9. The lowest BCUT2D eigenvalue weighted by atomic mass is 10.0. The number of carbonyl (C=O) groups excluding carboxylic acids is 1. The Hall–Kier alpha value is -2.63. The van der Waals surface area contributed by atoms with Crippen LogP contribution in [0.3, 0.4) is 0 Å². The summed E-state index contributed by atoms with van der Waals surface area (Å²) in [6, 6.07) is 7.80. The van der Waals surface area contributed by atoms with Crippen molar-refractivity contribution in [3.8, 4) is 11.1 Å². The van der Waals surface area contributed by atoms with Gasteiger partial charge in [-0.1, -0.05) is 18.6 Å². The highest BCUT2D eigenvalue weighted by Crippen LogP contribution is 2.38. The van der Waals surface area contributed by atoms with Crippen LogP contribution >= 0.6 is 0 Å². The molecule has 1 aliphatic heterocycles. The summed E-state index contributed by atoms with van der Waals surface area (Å²) in [6.07, 6.45) is 5.34. The zero-order valence-corrected chi connectivity index (χ0v) is 13.9. The quantitative estimate of drug-likeness (QED) is 0.875. The SMILES string of the molecule is Nc1ncc(-c2ccc(F)cc2)cc1NC(=O)N1CC2CCCC2C1. The number of benzene rings is 1. The van der Waals surface area contributed by atoms with Crippen LogP contribution in [0.1, 0.15) is 19.3 Å². The minimum atomic E-state index is -0.291. The van der Waals surface area contributed by atoms with E-state index in [1.54, 1.807) is 24.4 Å². The molecule has 2 aromatic rings. The molecule has 0 bridgehead atoms. The standard InChI is InChI=1S/C19H21FN4O/c20-16-6-4-12(5-7-16)15-8-17(18(21)22-9-15)23-19(25)24-10-13-2-1-3-14(13)11-24/h4-9,13-14H,1-3,10-11H2,(H2,21,22)(H,23,25). The largest absolute Gasteiger partial charge is 0.382 e. The number of pyridine rings is 1. The van der Waals surface area contributed by atoms with Crippen molar-refractivity contribution in [2.75, 3.05) is 24.1 Å². The number of likely N-dealkylation sites (tertiary alicyclic amines) is 1. The van der Waals surface area contributed by atoms with Gasteiger partial charge in [0.2, 0.25) is 0 Å². The third-order valence-corrected chi connectivity index (χ3v) is 5.35. The zero-order chi connectivity index (χ0) is 17.4. The lowest BCUT2D eigenvalue weighted by Gasteiger charge is -2.19. The van der Waals surface area contributed by atoms with Crippen molar-refractivity contribution in [2.45, 2.75) is 19.3 Å². The molecule has 0 spiro atoms. The summed E-state index contributed by atoms with van der Waals surface area (Å²) in [6.45, 7) is 1.64. The monoisotopic (exact) mass is 340 g/mol. The Morgan fingerprint density at radius 3 is 2.52 bits per heavy atom. The summed E-state index contributed by atoms with van der Waals surface area (Å²) in [5.41, 5.74) is 8.02. The number of rotatable bonds is 2. The van der Waals surface area contributed by atoms with Gasteiger partial charge in [-0.25, -0.2) is 14.2 Å². The molecule has 6 heteroatoms. The van der Waals surface area contributed by atoms with Crippen LogP contribution in [0.4, 0.5) is 20.7 Å². The second-order valence-corrected chi connectivity index (χ2v) is 6.95. The van der Waals surface area contributed by atoms with Crippen LogP contribution in [0, 0.1) is 17.7 Å². The number of halogens is 1. The molecule has 0 radical (unpaired) electrons. The highest BCUT2D eigenvalue weighted by atomic mass is 19.1. The Labute approximate surface area is 146 Å². The van der Waals surface area contributed by atoms with E-state index >= 15 is 0 Å². The third-order valence-electron chi connectivity index (χ3n) is 5.35. The van der Waals surface area contributed by atoms with E-state index < -0.39 is 0 Å². The summed E-state index contributed by atoms with van der Waals surface area (Å²) in [5.74, 6) is 1.28. The molecule has 25 heavy (non-hydrogen) atoms. The van der Waals surface area contributed by atoms with Crippen LogP contribution in [0.5, 0.6) is 0 Å². The zero-order valence-electron chi connectivity index (χ0n) is 13.9. The maximum Gasteiger partial charge on any atom is 0.321 e. The Kier molecular flexibility index (Phi) is 4.03. The second kappa shape index (κ2) is 6.35. The number of hydrogen-bond acceptors (Lipinski definition) is 3. The molecule has 1 aromatic heterocycles. The lowest BCUT2D eigenvalue weighted by molar-refractivity contribution is 0.219. The number of urea groups is 1. The highest BCUT2D eigenvalue weighted by Gasteiger charge is 2.38. The number of hydrogen-bond donors (Lipinski definition) is 2. The van der Waals surface area contributed by atoms with Crippen molar-refractivity contribution in [1.29, 1.82) is 0 Å². The van der Waals surface area contributed by atoms with E-state index in [9.17, 15) is 9.18 Å². The topological polar surface area (TPSA) is 71.2 Å². The van der Waals surface area contributed by atoms with Crippen molar-refractivity contribution in [1.82, 2.24) is 9.88 Å². The van der Waals surface area contributed by atoms with Gasteiger partial charge in [-0.2, -0.15) is 0 Å². The van der Waals surface area contributed by atoms with Gasteiger partial charge in [0, 0.05) is 24.8 Å². The van der Waals surface area contributed by atoms with Crippen LogP contribution in [0.25, 0.3) is 11.1 Å². The molecule has 5 nitrogen and oxygen atoms in total. The molecular formula is C19H21FN4O. The first-order chi connectivity index (χ1) is 12.1. The fourth-order valence-electron chi connectivity index (χ4n) is 3.97. The molecule has 2 aliphatic rings. The van der Waals surface area contributed by atoms with Crippen LogP contribution in [0.15, 0.2) is 36.5 Å². The summed E-state index contributed by atoms with van der Waals surface area (Å²) in [7, 11) is 0. The van der Waals surface area contributed by atoms with Gasteiger partial charge in [0.05, 0.1) is 5.69 Å². The maximum atomic E-state index is 13.1. The van der Waals surface area contributed by atoms with Crippen molar-refractivity contribution in [3.63, 3.8) is 0 Å². The van der Waals surface area contributed by atoms with Gasteiger partial charge in [-0.3, -0.25) is 0 Å². The Balaban J connectivity index is 1.51. The average molecular weight is 340 g/mol. The van der Waals surface area contributed by atoms with E-state index in [1.807, 2.05) is 4.90 Å². The summed E-state index contributed by atoms with van der Waals surface area (Å²) >= 11 is 0. The normalized spacial score (nSPS) is 22.0. The van der Waals surface area contributed by atoms with Gasteiger partial charge in [0.15, 0.2) is 0 Å². The molecule has 2 atom stereocenters. The highest BCUT2D eigenvalue weighted by molar-refractivity contribution is 5.93. The summed E-state index contributed by atoms with van der Waals surface area (Å²) in [4.78, 5) is 18.6. The van der Waals surface area contributed by atoms with Gasteiger partial charge in [0.1, 0.15) is 11.6 Å². The molecule has 2 amide bonds. The number of nitrogens with zero attached hydrogens (tertiary/aromatic N) is 2. The van der Waals surface area contributed by atoms with Gasteiger partial charge < -0.3 is 16.0 Å². The molecule has 1 aromatic carbocycles. The molecule has 2 heterocycles. The molecule has 2 unspecified atom stereocenters. The third kappa shape index (κ3) is 3.16. The number of nitrogen functional groups attached to an aromatic ring is 1. The maximum absolute atomic E-state index is 13.1. The van der Waals surface area contributed by atoms with E-state index in [0.29, 0.717) is 17.5 Å². The van der Waals surface area contributed by atoms with Crippen LogP contribution in [0.2, 0.25) is 0 Å². The van der Waals surface area contributed by atoms with Gasteiger partial charge in [-0.15, -0.1) is 0 Å². The predicted octanol–water partition coefficient (Wildman–Crippen LogP) is 3.73. The summed E-state index contributed by atoms with van der Waals surface area (Å²) in [5, 5.41) is 2.89. The van der Waals surface area contributed by atoms with Gasteiger partial charge in [0.25, 0.3) is 0 Å². The number of anilines is 2. The fourth-order valence-corrected chi connectivity index (χ4v) is 3.97. The molecule has 3 N–H and O–H groups in total. The van der Waals surface area contributed by atoms with Crippen molar-refractivity contribution in [2.24, 2.45) is 11.8 Å². The van der Waals surface area contributed by atoms with E-state index in [0.717, 1.165) is 24.2 Å².